The number of nitriles is 1. The molecule has 0 radical (unpaired) electrons. The first-order valence-corrected chi connectivity index (χ1v) is 14.5. The highest BCUT2D eigenvalue weighted by Crippen LogP contribution is 2.51. The third kappa shape index (κ3) is 4.69. The first-order valence-electron chi connectivity index (χ1n) is 14.5. The van der Waals surface area contributed by atoms with E-state index in [1.165, 1.54) is 30.6 Å². The van der Waals surface area contributed by atoms with Gasteiger partial charge in [-0.1, -0.05) is 0 Å². The van der Waals surface area contributed by atoms with Gasteiger partial charge in [0.25, 0.3) is 0 Å². The number of pyridine rings is 3. The molecule has 2 saturated heterocycles. The zero-order valence-electron chi connectivity index (χ0n) is 24.2. The molecule has 3 fully saturated rings. The third-order valence-electron chi connectivity index (χ3n) is 9.13. The molecule has 1 saturated carbocycles. The van der Waals surface area contributed by atoms with Crippen molar-refractivity contribution in [3.05, 3.63) is 82.2 Å². The van der Waals surface area contributed by atoms with Gasteiger partial charge in [-0.05, 0) is 68.8 Å². The Morgan fingerprint density at radius 2 is 2.02 bits per heavy atom. The average molecular weight is 596 g/mol. The lowest BCUT2D eigenvalue weighted by atomic mass is 10.0. The Morgan fingerprint density at radius 3 is 2.70 bits per heavy atom. The number of ether oxygens (including phenoxy) is 1. The van der Waals surface area contributed by atoms with Crippen molar-refractivity contribution in [2.24, 2.45) is 11.8 Å². The second-order valence-electron chi connectivity index (χ2n) is 11.9. The second kappa shape index (κ2) is 10.6. The minimum atomic E-state index is -1.35. The number of piperidine rings is 1. The Hall–Kier alpha value is -5.02. The number of likely N-dealkylation sites (N-methyl/N-ethyl adjacent to an activating group) is 1. The average Bonchev–Trinajstić information content (AvgIpc) is 3.67. The molecule has 0 bridgehead atoms. The van der Waals surface area contributed by atoms with Crippen LogP contribution in [0.4, 0.5) is 15.9 Å². The van der Waals surface area contributed by atoms with Crippen LogP contribution < -0.4 is 20.0 Å². The number of hydrogen-bond acceptors (Lipinski definition) is 9. The zero-order chi connectivity index (χ0) is 30.7. The highest BCUT2D eigenvalue weighted by molar-refractivity contribution is 5.95. The van der Waals surface area contributed by atoms with Crippen molar-refractivity contribution < 1.29 is 19.0 Å². The van der Waals surface area contributed by atoms with Crippen LogP contribution in [0.3, 0.4) is 0 Å². The fraction of sp³-hybridized carbons (Fsp3) is 0.344. The molecule has 5 heterocycles. The summed E-state index contributed by atoms with van der Waals surface area (Å²) in [5.74, 6) is -0.417. The number of aromatic nitrogens is 3. The van der Waals surface area contributed by atoms with E-state index >= 15 is 0 Å². The van der Waals surface area contributed by atoms with Crippen LogP contribution in [-0.2, 0) is 0 Å². The van der Waals surface area contributed by atoms with Crippen molar-refractivity contribution in [2.45, 2.75) is 18.5 Å². The molecule has 2 aliphatic heterocycles. The van der Waals surface area contributed by atoms with Gasteiger partial charge in [0, 0.05) is 43.5 Å². The molecule has 7 rings (SSSR count). The molecule has 3 atom stereocenters. The largest absolute Gasteiger partial charge is 0.477 e. The van der Waals surface area contributed by atoms with Gasteiger partial charge in [-0.15, -0.1) is 0 Å². The molecule has 1 unspecified atom stereocenters. The predicted octanol–water partition coefficient (Wildman–Crippen LogP) is 3.14. The van der Waals surface area contributed by atoms with E-state index < -0.39 is 22.8 Å². The molecule has 12 heteroatoms. The van der Waals surface area contributed by atoms with E-state index in [4.69, 9.17) is 4.74 Å². The summed E-state index contributed by atoms with van der Waals surface area (Å²) in [4.78, 5) is 40.5. The van der Waals surface area contributed by atoms with E-state index in [1.807, 2.05) is 26.2 Å². The normalized spacial score (nSPS) is 20.8. The summed E-state index contributed by atoms with van der Waals surface area (Å²) in [6.45, 7) is 2.58. The van der Waals surface area contributed by atoms with Crippen LogP contribution in [-0.4, -0.2) is 82.9 Å². The van der Waals surface area contributed by atoms with Crippen LogP contribution >= 0.6 is 0 Å². The third-order valence-corrected chi connectivity index (χ3v) is 9.13. The van der Waals surface area contributed by atoms with Crippen molar-refractivity contribution in [3.8, 4) is 17.6 Å². The maximum absolute atomic E-state index is 14.2. The summed E-state index contributed by atoms with van der Waals surface area (Å²) < 4.78 is 21.7. The summed E-state index contributed by atoms with van der Waals surface area (Å²) in [6.07, 6.45) is 5.46. The number of rotatable bonds is 8. The van der Waals surface area contributed by atoms with Crippen molar-refractivity contribution in [1.82, 2.24) is 19.4 Å². The smallest absolute Gasteiger partial charge is 0.341 e. The summed E-state index contributed by atoms with van der Waals surface area (Å²) in [6, 6.07) is 12.3. The van der Waals surface area contributed by atoms with Gasteiger partial charge in [-0.2, -0.15) is 5.26 Å². The Morgan fingerprint density at radius 1 is 1.20 bits per heavy atom. The SMILES string of the molecule is CN(C)C1CN(c2ccc(-n3cc(C(=O)O)c(=O)c4cc(C#N)c(N5C[C@@H]6C[C@@H]6C5COc5ncccc5F)cc43)cn2)C1. The topological polar surface area (TPSA) is 128 Å². The fourth-order valence-electron chi connectivity index (χ4n) is 6.43. The summed E-state index contributed by atoms with van der Waals surface area (Å²) in [7, 11) is 4.10. The molecule has 0 spiro atoms. The molecular weight excluding hydrogens is 565 g/mol. The van der Waals surface area contributed by atoms with E-state index in [9.17, 15) is 24.3 Å². The van der Waals surface area contributed by atoms with Gasteiger partial charge in [0.1, 0.15) is 24.1 Å². The number of halogens is 1. The van der Waals surface area contributed by atoms with Gasteiger partial charge < -0.3 is 29.1 Å². The molecule has 44 heavy (non-hydrogen) atoms. The molecular formula is C32H30FN7O4. The van der Waals surface area contributed by atoms with Gasteiger partial charge in [0.15, 0.2) is 5.82 Å². The van der Waals surface area contributed by atoms with E-state index in [2.05, 4.69) is 30.7 Å². The summed E-state index contributed by atoms with van der Waals surface area (Å²) in [5.41, 5.74) is 0.828. The molecule has 3 aliphatic rings. The fourth-order valence-corrected chi connectivity index (χ4v) is 6.43. The van der Waals surface area contributed by atoms with E-state index in [-0.39, 0.29) is 29.5 Å². The van der Waals surface area contributed by atoms with Crippen LogP contribution in [0.25, 0.3) is 16.6 Å². The first-order chi connectivity index (χ1) is 21.2. The van der Waals surface area contributed by atoms with Crippen molar-refractivity contribution in [3.63, 3.8) is 0 Å². The number of nitrogens with zero attached hydrogens (tertiary/aromatic N) is 7. The van der Waals surface area contributed by atoms with Crippen molar-refractivity contribution >= 4 is 28.4 Å². The number of fused-ring (bicyclic) bond motifs is 2. The van der Waals surface area contributed by atoms with Crippen molar-refractivity contribution in [2.75, 3.05) is 50.1 Å². The molecule has 3 aromatic heterocycles. The van der Waals surface area contributed by atoms with Gasteiger partial charge in [-0.25, -0.2) is 19.2 Å². The lowest BCUT2D eigenvalue weighted by molar-refractivity contribution is 0.0695. The Kier molecular flexibility index (Phi) is 6.70. The van der Waals surface area contributed by atoms with E-state index in [0.29, 0.717) is 41.3 Å². The Labute approximate surface area is 252 Å². The zero-order valence-corrected chi connectivity index (χ0v) is 24.2. The number of carboxylic acids is 1. The number of aromatic carboxylic acids is 1. The van der Waals surface area contributed by atoms with E-state index in [1.54, 1.807) is 16.8 Å². The van der Waals surface area contributed by atoms with E-state index in [0.717, 1.165) is 25.3 Å². The van der Waals surface area contributed by atoms with Gasteiger partial charge >= 0.3 is 5.97 Å². The number of benzene rings is 1. The minimum absolute atomic E-state index is 0.0722. The maximum Gasteiger partial charge on any atom is 0.341 e. The quantitative estimate of drug-likeness (QED) is 0.325. The minimum Gasteiger partial charge on any atom is -0.477 e. The number of hydrogen-bond donors (Lipinski definition) is 1. The lowest BCUT2D eigenvalue weighted by Crippen LogP contribution is -2.57. The number of carboxylic acid groups (broad SMARTS) is 1. The Bertz CT molecular complexity index is 1880. The van der Waals surface area contributed by atoms with Crippen LogP contribution in [0.15, 0.2) is 59.8 Å². The molecule has 0 amide bonds. The standard InChI is InChI=1S/C32H30FN7O4/c1-37(2)21-14-38(15-21)29-6-5-20(12-36-29)39-16-24(32(42)43)30(41)23-8-18(11-34)26(10-27(23)39)40-13-19-9-22(19)28(40)17-44-31-25(33)4-3-7-35-31/h3-8,10,12,16,19,21-22,28H,9,13-15,17H2,1-2H3,(H,42,43)/t19-,22-,28?/m0/s1. The molecule has 4 aromatic rings. The highest BCUT2D eigenvalue weighted by Gasteiger charge is 2.53. The molecule has 11 nitrogen and oxygen atoms in total. The summed E-state index contributed by atoms with van der Waals surface area (Å²) in [5, 5.41) is 20.1. The predicted molar refractivity (Wildman–Crippen MR) is 161 cm³/mol. The van der Waals surface area contributed by atoms with Gasteiger partial charge in [-0.3, -0.25) is 4.79 Å². The maximum atomic E-state index is 14.2. The van der Waals surface area contributed by atoms with Crippen LogP contribution in [0.5, 0.6) is 5.88 Å². The van der Waals surface area contributed by atoms with Crippen molar-refractivity contribution in [1.29, 1.82) is 5.26 Å². The first kappa shape index (κ1) is 27.8. The van der Waals surface area contributed by atoms with Gasteiger partial charge in [0.05, 0.1) is 34.7 Å². The van der Waals surface area contributed by atoms with Crippen LogP contribution in [0.1, 0.15) is 22.3 Å². The second-order valence-corrected chi connectivity index (χ2v) is 11.9. The van der Waals surface area contributed by atoms with Crippen LogP contribution in [0, 0.1) is 29.0 Å². The van der Waals surface area contributed by atoms with Crippen LogP contribution in [0.2, 0.25) is 0 Å². The lowest BCUT2D eigenvalue weighted by Gasteiger charge is -2.43. The molecule has 1 aliphatic carbocycles. The van der Waals surface area contributed by atoms with Gasteiger partial charge in [0.2, 0.25) is 11.3 Å². The monoisotopic (exact) mass is 595 g/mol. The molecule has 224 valence electrons. The summed E-state index contributed by atoms with van der Waals surface area (Å²) >= 11 is 0. The highest BCUT2D eigenvalue weighted by atomic mass is 19.1. The molecule has 1 aromatic carbocycles. The number of carbonyl (C=O) groups is 1. The number of anilines is 2. The molecule has 1 N–H and O–H groups in total. The Balaban J connectivity index is 1.28.